The van der Waals surface area contributed by atoms with Crippen molar-refractivity contribution in [3.05, 3.63) is 63.6 Å². The van der Waals surface area contributed by atoms with Crippen molar-refractivity contribution in [3.8, 4) is 0 Å². The van der Waals surface area contributed by atoms with E-state index >= 15 is 0 Å². The number of anilines is 1. The van der Waals surface area contributed by atoms with E-state index in [1.165, 1.54) is 4.31 Å². The summed E-state index contributed by atoms with van der Waals surface area (Å²) in [7, 11) is -3.38. The van der Waals surface area contributed by atoms with E-state index in [0.717, 1.165) is 16.5 Å². The molecule has 1 fully saturated rings. The second kappa shape index (κ2) is 10.1. The molecule has 8 heteroatoms. The van der Waals surface area contributed by atoms with E-state index < -0.39 is 10.0 Å². The summed E-state index contributed by atoms with van der Waals surface area (Å²) in [6.07, 6.45) is 2.64. The van der Waals surface area contributed by atoms with Crippen molar-refractivity contribution in [2.75, 3.05) is 24.2 Å². The molecule has 1 aliphatic heterocycles. The van der Waals surface area contributed by atoms with Crippen LogP contribution in [0.5, 0.6) is 0 Å². The summed E-state index contributed by atoms with van der Waals surface area (Å²) in [5, 5.41) is 3.36. The monoisotopic (exact) mass is 498 g/mol. The standard InChI is InChI=1S/C21H24BrClN2O3S/c22-19-11-10-18(14-20(19)23)24-21(26)17-9-4-12-25(15-17)29(27,28)13-5-8-16-6-2-1-3-7-16/h1-3,6-7,10-11,14,17H,4-5,8-9,12-13,15H2,(H,24,26)/t17-/m0/s1. The molecule has 156 valence electrons. The quantitative estimate of drug-likeness (QED) is 0.600. The van der Waals surface area contributed by atoms with Crippen molar-refractivity contribution in [1.82, 2.24) is 4.31 Å². The van der Waals surface area contributed by atoms with E-state index in [1.807, 2.05) is 30.3 Å². The minimum atomic E-state index is -3.38. The smallest absolute Gasteiger partial charge is 0.228 e. The Kier molecular flexibility index (Phi) is 7.73. The van der Waals surface area contributed by atoms with E-state index in [1.54, 1.807) is 18.2 Å². The minimum Gasteiger partial charge on any atom is -0.326 e. The number of sulfonamides is 1. The van der Waals surface area contributed by atoms with Crippen LogP contribution in [0.25, 0.3) is 0 Å². The Hall–Kier alpha value is -1.41. The number of amides is 1. The van der Waals surface area contributed by atoms with Gasteiger partial charge in [0.25, 0.3) is 0 Å². The Balaban J connectivity index is 1.55. The Labute approximate surface area is 185 Å². The third-order valence-corrected chi connectivity index (χ3v) is 8.20. The predicted molar refractivity (Wildman–Crippen MR) is 121 cm³/mol. The molecule has 3 rings (SSSR count). The van der Waals surface area contributed by atoms with Gasteiger partial charge in [0.2, 0.25) is 15.9 Å². The number of hydrogen-bond donors (Lipinski definition) is 1. The molecule has 29 heavy (non-hydrogen) atoms. The molecule has 1 atom stereocenters. The lowest BCUT2D eigenvalue weighted by atomic mass is 9.99. The fourth-order valence-corrected chi connectivity index (χ4v) is 5.47. The molecule has 1 aliphatic rings. The van der Waals surface area contributed by atoms with Crippen molar-refractivity contribution in [2.45, 2.75) is 25.7 Å². The van der Waals surface area contributed by atoms with Crippen LogP contribution in [-0.4, -0.2) is 37.5 Å². The molecule has 1 saturated heterocycles. The number of nitrogens with one attached hydrogen (secondary N) is 1. The zero-order valence-electron chi connectivity index (χ0n) is 16.0. The van der Waals surface area contributed by atoms with Crippen LogP contribution in [0.15, 0.2) is 53.0 Å². The van der Waals surface area contributed by atoms with Gasteiger partial charge in [0.1, 0.15) is 0 Å². The Morgan fingerprint density at radius 2 is 1.97 bits per heavy atom. The van der Waals surface area contributed by atoms with Gasteiger partial charge < -0.3 is 5.32 Å². The number of halogens is 2. The van der Waals surface area contributed by atoms with Crippen LogP contribution in [0.4, 0.5) is 5.69 Å². The van der Waals surface area contributed by atoms with E-state index in [4.69, 9.17) is 11.6 Å². The van der Waals surface area contributed by atoms with Gasteiger partial charge in [-0.3, -0.25) is 4.79 Å². The lowest BCUT2D eigenvalue weighted by molar-refractivity contribution is -0.120. The van der Waals surface area contributed by atoms with Gasteiger partial charge in [-0.05, 0) is 65.4 Å². The second-order valence-electron chi connectivity index (χ2n) is 7.22. The van der Waals surface area contributed by atoms with Crippen LogP contribution >= 0.6 is 27.5 Å². The third kappa shape index (κ3) is 6.28. The molecule has 2 aromatic carbocycles. The van der Waals surface area contributed by atoms with Crippen LogP contribution in [0.3, 0.4) is 0 Å². The summed E-state index contributed by atoms with van der Waals surface area (Å²) in [5.74, 6) is -0.443. The molecule has 0 aliphatic carbocycles. The molecule has 0 unspecified atom stereocenters. The first-order valence-corrected chi connectivity index (χ1v) is 12.4. The van der Waals surface area contributed by atoms with Gasteiger partial charge in [-0.25, -0.2) is 12.7 Å². The normalized spacial score (nSPS) is 17.8. The number of piperidine rings is 1. The van der Waals surface area contributed by atoms with Gasteiger partial charge in [-0.2, -0.15) is 0 Å². The van der Waals surface area contributed by atoms with Gasteiger partial charge in [-0.15, -0.1) is 0 Å². The Morgan fingerprint density at radius 3 is 2.69 bits per heavy atom. The lowest BCUT2D eigenvalue weighted by Crippen LogP contribution is -2.44. The van der Waals surface area contributed by atoms with Crippen molar-refractivity contribution < 1.29 is 13.2 Å². The first-order chi connectivity index (χ1) is 13.8. The summed E-state index contributed by atoms with van der Waals surface area (Å²) >= 11 is 9.39. The fourth-order valence-electron chi connectivity index (χ4n) is 3.46. The molecule has 2 aromatic rings. The minimum absolute atomic E-state index is 0.0958. The van der Waals surface area contributed by atoms with Crippen LogP contribution in [0.2, 0.25) is 5.02 Å². The predicted octanol–water partition coefficient (Wildman–Crippen LogP) is 4.72. The summed E-state index contributed by atoms with van der Waals surface area (Å²) in [4.78, 5) is 12.6. The molecule has 5 nitrogen and oxygen atoms in total. The Bertz CT molecular complexity index is 954. The van der Waals surface area contributed by atoms with E-state index in [0.29, 0.717) is 36.5 Å². The number of carbonyl (C=O) groups excluding carboxylic acids is 1. The molecule has 1 heterocycles. The van der Waals surface area contributed by atoms with E-state index in [9.17, 15) is 13.2 Å². The molecule has 0 bridgehead atoms. The average molecular weight is 500 g/mol. The van der Waals surface area contributed by atoms with Crippen molar-refractivity contribution in [1.29, 1.82) is 0 Å². The molecule has 0 radical (unpaired) electrons. The summed E-state index contributed by atoms with van der Waals surface area (Å²) in [5.41, 5.74) is 1.73. The van der Waals surface area contributed by atoms with Crippen molar-refractivity contribution in [3.63, 3.8) is 0 Å². The number of carbonyl (C=O) groups is 1. The van der Waals surface area contributed by atoms with Crippen molar-refractivity contribution in [2.24, 2.45) is 5.92 Å². The molecule has 0 aromatic heterocycles. The highest BCUT2D eigenvalue weighted by molar-refractivity contribution is 9.10. The maximum atomic E-state index is 12.8. The lowest BCUT2D eigenvalue weighted by Gasteiger charge is -2.31. The molecule has 1 N–H and O–H groups in total. The van der Waals surface area contributed by atoms with Crippen LogP contribution in [-0.2, 0) is 21.2 Å². The summed E-state index contributed by atoms with van der Waals surface area (Å²) < 4.78 is 27.7. The van der Waals surface area contributed by atoms with Crippen molar-refractivity contribution >= 4 is 49.1 Å². The maximum absolute atomic E-state index is 12.8. The number of benzene rings is 2. The van der Waals surface area contributed by atoms with Gasteiger partial charge in [0, 0.05) is 23.2 Å². The maximum Gasteiger partial charge on any atom is 0.228 e. The highest BCUT2D eigenvalue weighted by atomic mass is 79.9. The molecule has 0 saturated carbocycles. The number of nitrogens with zero attached hydrogens (tertiary/aromatic N) is 1. The van der Waals surface area contributed by atoms with Crippen LogP contribution in [0.1, 0.15) is 24.8 Å². The van der Waals surface area contributed by atoms with Gasteiger partial charge >= 0.3 is 0 Å². The molecular weight excluding hydrogens is 476 g/mol. The number of hydrogen-bond acceptors (Lipinski definition) is 3. The molecule has 0 spiro atoms. The molecular formula is C21H24BrClN2O3S. The largest absolute Gasteiger partial charge is 0.326 e. The average Bonchev–Trinajstić information content (AvgIpc) is 2.71. The third-order valence-electron chi connectivity index (χ3n) is 5.05. The van der Waals surface area contributed by atoms with E-state index in [-0.39, 0.29) is 24.1 Å². The molecule has 1 amide bonds. The van der Waals surface area contributed by atoms with Crippen LogP contribution in [0, 0.1) is 5.92 Å². The number of aryl methyl sites for hydroxylation is 1. The van der Waals surface area contributed by atoms with Crippen LogP contribution < -0.4 is 5.32 Å². The summed E-state index contributed by atoms with van der Waals surface area (Å²) in [6, 6.07) is 15.1. The zero-order chi connectivity index (χ0) is 20.9. The second-order valence-corrected chi connectivity index (χ2v) is 10.6. The number of rotatable bonds is 7. The van der Waals surface area contributed by atoms with Gasteiger partial charge in [0.15, 0.2) is 0 Å². The highest BCUT2D eigenvalue weighted by Gasteiger charge is 2.32. The van der Waals surface area contributed by atoms with Gasteiger partial charge in [-0.1, -0.05) is 41.9 Å². The summed E-state index contributed by atoms with van der Waals surface area (Å²) in [6.45, 7) is 0.700. The zero-order valence-corrected chi connectivity index (χ0v) is 19.1. The first-order valence-electron chi connectivity index (χ1n) is 9.63. The first kappa shape index (κ1) is 22.3. The highest BCUT2D eigenvalue weighted by Crippen LogP contribution is 2.27. The van der Waals surface area contributed by atoms with Gasteiger partial charge in [0.05, 0.1) is 16.7 Å². The fraction of sp³-hybridized carbons (Fsp3) is 0.381. The topological polar surface area (TPSA) is 66.5 Å². The Morgan fingerprint density at radius 1 is 1.21 bits per heavy atom. The van der Waals surface area contributed by atoms with E-state index in [2.05, 4.69) is 21.2 Å². The SMILES string of the molecule is O=C(Nc1ccc(Br)c(Cl)c1)[C@H]1CCCN(S(=O)(=O)CCCc2ccccc2)C1.